The van der Waals surface area contributed by atoms with Gasteiger partial charge in [0.2, 0.25) is 0 Å². The zero-order chi connectivity index (χ0) is 8.20. The van der Waals surface area contributed by atoms with Gasteiger partial charge >= 0.3 is 0 Å². The molecule has 1 nitrogen and oxygen atoms in total. The van der Waals surface area contributed by atoms with Gasteiger partial charge in [-0.25, -0.2) is 0 Å². The quantitative estimate of drug-likeness (QED) is 0.432. The minimum Gasteiger partial charge on any atom is -0.302 e. The summed E-state index contributed by atoms with van der Waals surface area (Å²) in [6, 6.07) is 0. The largest absolute Gasteiger partial charge is 0.302 e. The van der Waals surface area contributed by atoms with Gasteiger partial charge in [-0.15, -0.1) is 5.73 Å². The van der Waals surface area contributed by atoms with Crippen molar-refractivity contribution in [3.8, 4) is 0 Å². The van der Waals surface area contributed by atoms with Gasteiger partial charge < -0.3 is 4.79 Å². The molecule has 0 N–H and O–H groups in total. The predicted molar refractivity (Wildman–Crippen MR) is 42.8 cm³/mol. The fourth-order valence-corrected chi connectivity index (χ4v) is 0.880. The molecule has 0 atom stereocenters. The maximum absolute atomic E-state index is 10.5. The summed E-state index contributed by atoms with van der Waals surface area (Å²) < 4.78 is 0. The third-order valence-electron chi connectivity index (χ3n) is 1.64. The smallest absolute Gasteiger partial charge is 0.130 e. The van der Waals surface area contributed by atoms with E-state index in [0.717, 1.165) is 18.3 Å². The molecule has 0 radical (unpaired) electrons. The Labute approximate surface area is 62.4 Å². The average molecular weight is 138 g/mol. The standard InChI is InChI=1S/C9H14O/c1-5-8(6-2)9(3,4)7-10/h7H,1,6H2,2-4H3. The van der Waals surface area contributed by atoms with E-state index in [1.165, 1.54) is 0 Å². The summed E-state index contributed by atoms with van der Waals surface area (Å²) in [6.07, 6.45) is 1.78. The molecule has 0 saturated heterocycles. The van der Waals surface area contributed by atoms with Gasteiger partial charge in [-0.2, -0.15) is 0 Å². The van der Waals surface area contributed by atoms with Crippen molar-refractivity contribution in [2.45, 2.75) is 27.2 Å². The lowest BCUT2D eigenvalue weighted by Gasteiger charge is -2.17. The highest BCUT2D eigenvalue weighted by atomic mass is 16.1. The molecule has 0 saturated carbocycles. The van der Waals surface area contributed by atoms with Gasteiger partial charge in [0.1, 0.15) is 6.29 Å². The Bertz CT molecular complexity index is 171. The Morgan fingerprint density at radius 2 is 2.20 bits per heavy atom. The number of allylic oxidation sites excluding steroid dienone is 1. The molecule has 0 aromatic carbocycles. The van der Waals surface area contributed by atoms with E-state index in [1.807, 2.05) is 20.8 Å². The van der Waals surface area contributed by atoms with E-state index in [1.54, 1.807) is 0 Å². The van der Waals surface area contributed by atoms with Crippen molar-refractivity contribution in [2.24, 2.45) is 5.41 Å². The second-order valence-electron chi connectivity index (χ2n) is 2.85. The van der Waals surface area contributed by atoms with E-state index in [2.05, 4.69) is 12.3 Å². The van der Waals surface area contributed by atoms with E-state index < -0.39 is 0 Å². The predicted octanol–water partition coefficient (Wildman–Crippen LogP) is 2.33. The number of aldehydes is 1. The number of carbonyl (C=O) groups is 1. The number of hydrogen-bond donors (Lipinski definition) is 0. The monoisotopic (exact) mass is 138 g/mol. The molecule has 1 heteroatoms. The second-order valence-corrected chi connectivity index (χ2v) is 2.85. The molecule has 0 unspecified atom stereocenters. The van der Waals surface area contributed by atoms with Crippen LogP contribution in [0.5, 0.6) is 0 Å². The van der Waals surface area contributed by atoms with E-state index in [4.69, 9.17) is 0 Å². The minimum atomic E-state index is -0.378. The summed E-state index contributed by atoms with van der Waals surface area (Å²) in [5.74, 6) is 0. The first-order valence-electron chi connectivity index (χ1n) is 3.44. The summed E-state index contributed by atoms with van der Waals surface area (Å²) in [6.45, 7) is 9.27. The van der Waals surface area contributed by atoms with Gasteiger partial charge in [-0.1, -0.05) is 13.5 Å². The van der Waals surface area contributed by atoms with E-state index in [9.17, 15) is 4.79 Å². The normalized spacial score (nSPS) is 10.3. The highest BCUT2D eigenvalue weighted by molar-refractivity contribution is 5.63. The van der Waals surface area contributed by atoms with Crippen LogP contribution >= 0.6 is 0 Å². The van der Waals surface area contributed by atoms with Crippen LogP contribution in [0.15, 0.2) is 17.9 Å². The first kappa shape index (κ1) is 9.19. The molecule has 56 valence electrons. The first-order chi connectivity index (χ1) is 4.58. The van der Waals surface area contributed by atoms with E-state index in [0.29, 0.717) is 0 Å². The molecule has 0 aromatic heterocycles. The van der Waals surface area contributed by atoms with Crippen LogP contribution in [-0.4, -0.2) is 6.29 Å². The van der Waals surface area contributed by atoms with Crippen molar-refractivity contribution in [3.63, 3.8) is 0 Å². The van der Waals surface area contributed by atoms with Crippen molar-refractivity contribution in [1.82, 2.24) is 0 Å². The molecule has 10 heavy (non-hydrogen) atoms. The second kappa shape index (κ2) is 3.38. The minimum absolute atomic E-state index is 0.378. The lowest BCUT2D eigenvalue weighted by Crippen LogP contribution is -2.15. The Morgan fingerprint density at radius 3 is 2.30 bits per heavy atom. The van der Waals surface area contributed by atoms with Crippen LogP contribution in [0, 0.1) is 5.41 Å². The molecule has 0 heterocycles. The van der Waals surface area contributed by atoms with Crippen LogP contribution in [0.2, 0.25) is 0 Å². The maximum atomic E-state index is 10.5. The zero-order valence-corrected chi connectivity index (χ0v) is 6.90. The van der Waals surface area contributed by atoms with Crippen LogP contribution in [-0.2, 0) is 4.79 Å². The van der Waals surface area contributed by atoms with Gasteiger partial charge in [0.15, 0.2) is 0 Å². The summed E-state index contributed by atoms with van der Waals surface area (Å²) in [5, 5.41) is 0. The van der Waals surface area contributed by atoms with Gasteiger partial charge in [0, 0.05) is 5.41 Å². The molecule has 0 aromatic rings. The first-order valence-corrected chi connectivity index (χ1v) is 3.44. The topological polar surface area (TPSA) is 17.1 Å². The molecule has 0 rings (SSSR count). The van der Waals surface area contributed by atoms with Gasteiger partial charge in [0.25, 0.3) is 0 Å². The number of carbonyl (C=O) groups excluding carboxylic acids is 1. The Balaban J connectivity index is 4.60. The van der Waals surface area contributed by atoms with Crippen molar-refractivity contribution in [3.05, 3.63) is 17.9 Å². The third kappa shape index (κ3) is 1.85. The fraction of sp³-hybridized carbons (Fsp3) is 0.556. The number of hydrogen-bond acceptors (Lipinski definition) is 1. The molecule has 0 fully saturated rings. The van der Waals surface area contributed by atoms with Crippen LogP contribution in [0.25, 0.3) is 0 Å². The molecule has 0 aliphatic heterocycles. The molecular weight excluding hydrogens is 124 g/mol. The van der Waals surface area contributed by atoms with Crippen molar-refractivity contribution < 1.29 is 4.79 Å². The van der Waals surface area contributed by atoms with Crippen molar-refractivity contribution in [2.75, 3.05) is 0 Å². The fourth-order valence-electron chi connectivity index (χ4n) is 0.880. The Hall–Kier alpha value is -0.810. The van der Waals surface area contributed by atoms with Gasteiger partial charge in [-0.05, 0) is 25.8 Å². The zero-order valence-electron chi connectivity index (χ0n) is 6.90. The molecule has 0 aliphatic carbocycles. The summed E-state index contributed by atoms with van der Waals surface area (Å²) >= 11 is 0. The van der Waals surface area contributed by atoms with Crippen LogP contribution in [0.3, 0.4) is 0 Å². The Morgan fingerprint density at radius 1 is 1.70 bits per heavy atom. The van der Waals surface area contributed by atoms with E-state index >= 15 is 0 Å². The summed E-state index contributed by atoms with van der Waals surface area (Å²) in [7, 11) is 0. The van der Waals surface area contributed by atoms with E-state index in [-0.39, 0.29) is 5.41 Å². The number of rotatable bonds is 3. The summed E-state index contributed by atoms with van der Waals surface area (Å²) in [5.41, 5.74) is 3.37. The molecule has 0 amide bonds. The molecular formula is C9H14O. The highest BCUT2D eigenvalue weighted by Gasteiger charge is 2.19. The van der Waals surface area contributed by atoms with Crippen LogP contribution < -0.4 is 0 Å². The van der Waals surface area contributed by atoms with Crippen LogP contribution in [0.1, 0.15) is 27.2 Å². The lowest BCUT2D eigenvalue weighted by atomic mass is 9.85. The average Bonchev–Trinajstić information content (AvgIpc) is 1.90. The third-order valence-corrected chi connectivity index (χ3v) is 1.64. The molecule has 0 aliphatic rings. The van der Waals surface area contributed by atoms with Crippen molar-refractivity contribution in [1.29, 1.82) is 0 Å². The highest BCUT2D eigenvalue weighted by Crippen LogP contribution is 2.24. The van der Waals surface area contributed by atoms with Crippen LogP contribution in [0.4, 0.5) is 0 Å². The maximum Gasteiger partial charge on any atom is 0.130 e. The van der Waals surface area contributed by atoms with Gasteiger partial charge in [-0.3, -0.25) is 0 Å². The Kier molecular flexibility index (Phi) is 3.11. The molecule has 0 bridgehead atoms. The van der Waals surface area contributed by atoms with Crippen molar-refractivity contribution >= 4 is 6.29 Å². The summed E-state index contributed by atoms with van der Waals surface area (Å²) in [4.78, 5) is 10.5. The lowest BCUT2D eigenvalue weighted by molar-refractivity contribution is -0.113. The van der Waals surface area contributed by atoms with Gasteiger partial charge in [0.05, 0.1) is 0 Å². The molecule has 0 spiro atoms. The SMILES string of the molecule is C=C=C(CC)C(C)(C)C=O.